The largest absolute Gasteiger partial charge is 0.396 e. The number of carbonyl (C=O) groups is 1. The summed E-state index contributed by atoms with van der Waals surface area (Å²) in [5, 5.41) is 19.3. The van der Waals surface area contributed by atoms with Crippen LogP contribution in [0.5, 0.6) is 0 Å². The Balaban J connectivity index is 2.76. The van der Waals surface area contributed by atoms with E-state index in [9.17, 15) is 14.9 Å². The fourth-order valence-electron chi connectivity index (χ4n) is 1.86. The van der Waals surface area contributed by atoms with E-state index in [1.807, 2.05) is 11.9 Å². The lowest BCUT2D eigenvalue weighted by atomic mass is 10.1. The molecule has 0 saturated carbocycles. The highest BCUT2D eigenvalue weighted by Crippen LogP contribution is 2.23. The lowest BCUT2D eigenvalue weighted by Gasteiger charge is -2.20. The molecule has 1 N–H and O–H groups in total. The lowest BCUT2D eigenvalue weighted by Crippen LogP contribution is -2.20. The van der Waals surface area contributed by atoms with Crippen LogP contribution in [0, 0.1) is 10.1 Å². The van der Waals surface area contributed by atoms with E-state index >= 15 is 0 Å². The highest BCUT2D eigenvalue weighted by Gasteiger charge is 2.12. The summed E-state index contributed by atoms with van der Waals surface area (Å²) in [4.78, 5) is 23.0. The summed E-state index contributed by atoms with van der Waals surface area (Å²) in [6.45, 7) is 0.916. The summed E-state index contributed by atoms with van der Waals surface area (Å²) in [6.07, 6.45) is 3.19. The maximum atomic E-state index is 11.0. The first-order valence-corrected chi connectivity index (χ1v) is 6.15. The molecule has 6 nitrogen and oxygen atoms in total. The molecule has 0 saturated heterocycles. The quantitative estimate of drug-likeness (QED) is 0.337. The molecule has 0 aliphatic rings. The van der Waals surface area contributed by atoms with Crippen LogP contribution in [0.25, 0.3) is 0 Å². The molecule has 0 aromatic heterocycles. The zero-order valence-corrected chi connectivity index (χ0v) is 10.9. The van der Waals surface area contributed by atoms with E-state index in [1.54, 1.807) is 6.07 Å². The Bertz CT molecular complexity index is 448. The first kappa shape index (κ1) is 15.1. The maximum Gasteiger partial charge on any atom is 0.270 e. The normalized spacial score (nSPS) is 10.2. The molecule has 0 radical (unpaired) electrons. The molecule has 0 atom stereocenters. The monoisotopic (exact) mass is 266 g/mol. The number of aliphatic hydroxyl groups is 1. The van der Waals surface area contributed by atoms with Gasteiger partial charge in [-0.1, -0.05) is 0 Å². The van der Waals surface area contributed by atoms with Crippen molar-refractivity contribution in [2.24, 2.45) is 0 Å². The van der Waals surface area contributed by atoms with Crippen LogP contribution in [0.4, 0.5) is 11.4 Å². The van der Waals surface area contributed by atoms with E-state index in [2.05, 4.69) is 0 Å². The molecule has 104 valence electrons. The maximum absolute atomic E-state index is 11.0. The molecule has 1 aromatic carbocycles. The van der Waals surface area contributed by atoms with Gasteiger partial charge in [0.05, 0.1) is 4.92 Å². The zero-order valence-electron chi connectivity index (χ0n) is 10.9. The average molecular weight is 266 g/mol. The smallest absolute Gasteiger partial charge is 0.270 e. The molecule has 0 fully saturated rings. The van der Waals surface area contributed by atoms with Gasteiger partial charge >= 0.3 is 0 Å². The van der Waals surface area contributed by atoms with Crippen molar-refractivity contribution in [3.05, 3.63) is 33.9 Å². The van der Waals surface area contributed by atoms with Crippen LogP contribution < -0.4 is 4.90 Å². The summed E-state index contributed by atoms with van der Waals surface area (Å²) in [6, 6.07) is 4.27. The molecule has 1 rings (SSSR count). The molecular weight excluding hydrogens is 248 g/mol. The summed E-state index contributed by atoms with van der Waals surface area (Å²) in [5.74, 6) is 0. The number of non-ortho nitro benzene ring substituents is 1. The Morgan fingerprint density at radius 1 is 1.37 bits per heavy atom. The Morgan fingerprint density at radius 2 is 2.11 bits per heavy atom. The summed E-state index contributed by atoms with van der Waals surface area (Å²) in [7, 11) is 1.84. The van der Waals surface area contributed by atoms with Crippen LogP contribution in [0.2, 0.25) is 0 Å². The fraction of sp³-hybridized carbons (Fsp3) is 0.462. The van der Waals surface area contributed by atoms with Gasteiger partial charge in [-0.3, -0.25) is 14.9 Å². The first-order chi connectivity index (χ1) is 9.10. The summed E-state index contributed by atoms with van der Waals surface area (Å²) in [5.41, 5.74) is 0.919. The van der Waals surface area contributed by atoms with Crippen molar-refractivity contribution >= 4 is 17.7 Å². The molecule has 6 heteroatoms. The van der Waals surface area contributed by atoms with E-state index in [0.29, 0.717) is 17.5 Å². The van der Waals surface area contributed by atoms with E-state index in [1.165, 1.54) is 12.1 Å². The predicted molar refractivity (Wildman–Crippen MR) is 72.7 cm³/mol. The van der Waals surface area contributed by atoms with E-state index < -0.39 is 4.92 Å². The Labute approximate surface area is 111 Å². The molecule has 0 amide bonds. The third-order valence-corrected chi connectivity index (χ3v) is 2.91. The molecule has 0 spiro atoms. The van der Waals surface area contributed by atoms with Crippen molar-refractivity contribution in [2.75, 3.05) is 25.1 Å². The topological polar surface area (TPSA) is 83.7 Å². The van der Waals surface area contributed by atoms with Crippen molar-refractivity contribution in [1.29, 1.82) is 0 Å². The molecule has 1 aromatic rings. The molecule has 19 heavy (non-hydrogen) atoms. The molecule has 0 unspecified atom stereocenters. The fourth-order valence-corrected chi connectivity index (χ4v) is 1.86. The standard InChI is InChI=1S/C13H18N2O4/c1-14(7-3-2-4-8-16)13-6-5-12(15(18)19)9-11(13)10-17/h5-6,9-10,16H,2-4,7-8H2,1H3. The van der Waals surface area contributed by atoms with E-state index in [-0.39, 0.29) is 12.3 Å². The van der Waals surface area contributed by atoms with Gasteiger partial charge in [0.1, 0.15) is 0 Å². The van der Waals surface area contributed by atoms with Gasteiger partial charge in [-0.25, -0.2) is 0 Å². The van der Waals surface area contributed by atoms with Crippen molar-refractivity contribution < 1.29 is 14.8 Å². The predicted octanol–water partition coefficient (Wildman–Crippen LogP) is 2.01. The van der Waals surface area contributed by atoms with E-state index in [0.717, 1.165) is 25.8 Å². The number of aldehydes is 1. The van der Waals surface area contributed by atoms with Crippen molar-refractivity contribution in [3.8, 4) is 0 Å². The number of nitrogens with zero attached hydrogens (tertiary/aromatic N) is 2. The second-order valence-electron chi connectivity index (χ2n) is 4.32. The van der Waals surface area contributed by atoms with Crippen LogP contribution in [-0.4, -0.2) is 36.5 Å². The third-order valence-electron chi connectivity index (χ3n) is 2.91. The molecule has 0 heterocycles. The Morgan fingerprint density at radius 3 is 2.68 bits per heavy atom. The summed E-state index contributed by atoms with van der Waals surface area (Å²) >= 11 is 0. The van der Waals surface area contributed by atoms with Gasteiger partial charge in [0.15, 0.2) is 6.29 Å². The minimum atomic E-state index is -0.516. The summed E-state index contributed by atoms with van der Waals surface area (Å²) < 4.78 is 0. The number of rotatable bonds is 8. The van der Waals surface area contributed by atoms with Crippen molar-refractivity contribution in [3.63, 3.8) is 0 Å². The number of unbranched alkanes of at least 4 members (excludes halogenated alkanes) is 2. The minimum Gasteiger partial charge on any atom is -0.396 e. The number of hydrogen-bond acceptors (Lipinski definition) is 5. The van der Waals surface area contributed by atoms with Gasteiger partial charge in [-0.05, 0) is 25.3 Å². The number of anilines is 1. The number of benzene rings is 1. The molecule has 0 bridgehead atoms. The SMILES string of the molecule is CN(CCCCCO)c1ccc([N+](=O)[O-])cc1C=O. The van der Waals surface area contributed by atoms with Crippen molar-refractivity contribution in [2.45, 2.75) is 19.3 Å². The number of nitro groups is 1. The van der Waals surface area contributed by atoms with Crippen LogP contribution in [0.1, 0.15) is 29.6 Å². The van der Waals surface area contributed by atoms with Crippen LogP contribution in [0.15, 0.2) is 18.2 Å². The highest BCUT2D eigenvalue weighted by atomic mass is 16.6. The van der Waals surface area contributed by atoms with E-state index in [4.69, 9.17) is 5.11 Å². The zero-order chi connectivity index (χ0) is 14.3. The van der Waals surface area contributed by atoms with Gasteiger partial charge < -0.3 is 10.0 Å². The van der Waals surface area contributed by atoms with Crippen LogP contribution in [-0.2, 0) is 0 Å². The number of aliphatic hydroxyl groups excluding tert-OH is 1. The average Bonchev–Trinajstić information content (AvgIpc) is 2.42. The number of carbonyl (C=O) groups excluding carboxylic acids is 1. The molecule has 0 aliphatic heterocycles. The minimum absolute atomic E-state index is 0.0838. The molecular formula is C13H18N2O4. The van der Waals surface area contributed by atoms with Gasteiger partial charge in [0.25, 0.3) is 5.69 Å². The van der Waals surface area contributed by atoms with Gasteiger partial charge in [-0.15, -0.1) is 0 Å². The third kappa shape index (κ3) is 4.33. The first-order valence-electron chi connectivity index (χ1n) is 6.15. The second kappa shape index (κ2) is 7.48. The highest BCUT2D eigenvalue weighted by molar-refractivity contribution is 5.85. The number of hydrogen-bond donors (Lipinski definition) is 1. The van der Waals surface area contributed by atoms with Gasteiger partial charge in [0, 0.05) is 43.6 Å². The lowest BCUT2D eigenvalue weighted by molar-refractivity contribution is -0.384. The molecule has 0 aliphatic carbocycles. The Kier molecular flexibility index (Phi) is 5.95. The van der Waals surface area contributed by atoms with Crippen molar-refractivity contribution in [1.82, 2.24) is 0 Å². The Hall–Kier alpha value is -1.95. The van der Waals surface area contributed by atoms with Gasteiger partial charge in [0.2, 0.25) is 0 Å². The van der Waals surface area contributed by atoms with Gasteiger partial charge in [-0.2, -0.15) is 0 Å². The second-order valence-corrected chi connectivity index (χ2v) is 4.32. The van der Waals surface area contributed by atoms with Crippen LogP contribution >= 0.6 is 0 Å². The number of nitro benzene ring substituents is 1. The van der Waals surface area contributed by atoms with Crippen LogP contribution in [0.3, 0.4) is 0 Å².